The Hall–Kier alpha value is -2.15. The molecule has 2 aromatic carbocycles. The van der Waals surface area contributed by atoms with Crippen LogP contribution in [0.4, 0.5) is 0 Å². The zero-order valence-corrected chi connectivity index (χ0v) is 21.7. The highest BCUT2D eigenvalue weighted by atomic mass is 32.2. The molecule has 0 spiro atoms. The Kier molecular flexibility index (Phi) is 7.17. The minimum atomic E-state index is -3.32. The van der Waals surface area contributed by atoms with E-state index in [1.54, 1.807) is 0 Å². The molecule has 1 aliphatic rings. The van der Waals surface area contributed by atoms with Gasteiger partial charge in [-0.3, -0.25) is 0 Å². The maximum Gasteiger partial charge on any atom is 0.319 e. The molecule has 4 nitrogen and oxygen atoms in total. The van der Waals surface area contributed by atoms with Gasteiger partial charge in [-0.25, -0.2) is 8.42 Å². The number of allylic oxidation sites excluding steroid dienone is 1. The second-order valence-electron chi connectivity index (χ2n) is 9.72. The quantitative estimate of drug-likeness (QED) is 0.468. The lowest BCUT2D eigenvalue weighted by atomic mass is 10.0. The second-order valence-corrected chi connectivity index (χ2v) is 15.9. The Morgan fingerprint density at radius 3 is 1.94 bits per heavy atom. The third-order valence-corrected chi connectivity index (χ3v) is 12.4. The molecule has 1 atom stereocenters. The van der Waals surface area contributed by atoms with E-state index in [9.17, 15) is 8.42 Å². The van der Waals surface area contributed by atoms with Crippen LogP contribution in [-0.2, 0) is 14.4 Å². The summed E-state index contributed by atoms with van der Waals surface area (Å²) in [4.78, 5) is 0. The van der Waals surface area contributed by atoms with E-state index in [1.807, 2.05) is 25.1 Å². The van der Waals surface area contributed by atoms with Gasteiger partial charge in [0.05, 0.1) is 12.0 Å². The lowest BCUT2D eigenvalue weighted by Crippen LogP contribution is -2.66. The number of hydrogen-bond donors (Lipinski definition) is 0. The average molecular weight is 470 g/mol. The van der Waals surface area contributed by atoms with Gasteiger partial charge in [-0.05, 0) is 33.8 Å². The highest BCUT2D eigenvalue weighted by Gasteiger charge is 2.52. The van der Waals surface area contributed by atoms with Crippen molar-refractivity contribution in [1.29, 1.82) is 0 Å². The lowest BCUT2D eigenvalue weighted by Gasteiger charge is -2.44. The van der Waals surface area contributed by atoms with Crippen LogP contribution in [0.25, 0.3) is 0 Å². The monoisotopic (exact) mass is 469 g/mol. The Labute approximate surface area is 194 Å². The van der Waals surface area contributed by atoms with Crippen LogP contribution in [0.3, 0.4) is 0 Å². The van der Waals surface area contributed by atoms with Crippen molar-refractivity contribution in [3.05, 3.63) is 84.7 Å². The van der Waals surface area contributed by atoms with Gasteiger partial charge in [-0.1, -0.05) is 87.5 Å². The van der Waals surface area contributed by atoms with Crippen LogP contribution in [-0.4, -0.2) is 40.4 Å². The van der Waals surface area contributed by atoms with E-state index in [2.05, 4.69) is 75.9 Å². The van der Waals surface area contributed by atoms with E-state index in [4.69, 9.17) is 4.43 Å². The summed E-state index contributed by atoms with van der Waals surface area (Å²) in [5, 5.41) is 2.26. The Balaban J connectivity index is 2.21. The minimum absolute atomic E-state index is 0.00427. The lowest BCUT2D eigenvalue weighted by molar-refractivity contribution is 0.354. The van der Waals surface area contributed by atoms with Crippen molar-refractivity contribution in [2.24, 2.45) is 5.92 Å². The number of benzene rings is 2. The molecule has 1 heterocycles. The van der Waals surface area contributed by atoms with Gasteiger partial charge in [0.1, 0.15) is 0 Å². The summed E-state index contributed by atoms with van der Waals surface area (Å²) in [5.74, 6) is 0.894. The fourth-order valence-electron chi connectivity index (χ4n) is 4.53. The van der Waals surface area contributed by atoms with Crippen molar-refractivity contribution < 1.29 is 12.8 Å². The summed E-state index contributed by atoms with van der Waals surface area (Å²) in [7, 11) is -6.09. The summed E-state index contributed by atoms with van der Waals surface area (Å²) in [6.45, 7) is 13.5. The van der Waals surface area contributed by atoms with Crippen molar-refractivity contribution in [2.45, 2.75) is 39.2 Å². The second kappa shape index (κ2) is 9.38. The Bertz CT molecular complexity index is 1030. The molecule has 0 aromatic heterocycles. The number of sulfonamides is 1. The molecule has 3 rings (SSSR count). The molecule has 0 N–H and O–H groups in total. The van der Waals surface area contributed by atoms with Gasteiger partial charge >= 0.3 is 8.32 Å². The zero-order valence-electron chi connectivity index (χ0n) is 19.8. The molecule has 0 unspecified atom stereocenters. The average Bonchev–Trinajstić information content (AvgIpc) is 2.90. The van der Waals surface area contributed by atoms with Crippen molar-refractivity contribution in [1.82, 2.24) is 4.31 Å². The Morgan fingerprint density at radius 1 is 1.03 bits per heavy atom. The van der Waals surface area contributed by atoms with Gasteiger partial charge in [-0.2, -0.15) is 4.31 Å². The summed E-state index contributed by atoms with van der Waals surface area (Å²) >= 11 is 0. The predicted molar refractivity (Wildman–Crippen MR) is 136 cm³/mol. The molecule has 0 saturated carbocycles. The van der Waals surface area contributed by atoms with Crippen LogP contribution in [0.5, 0.6) is 0 Å². The number of hydrogen-bond acceptors (Lipinski definition) is 3. The van der Waals surface area contributed by atoms with Gasteiger partial charge in [0, 0.05) is 19.5 Å². The molecule has 172 valence electrons. The van der Waals surface area contributed by atoms with Crippen LogP contribution in [0.2, 0.25) is 5.04 Å². The molecule has 2 aromatic rings. The van der Waals surface area contributed by atoms with Gasteiger partial charge in [-0.15, -0.1) is 6.58 Å². The predicted octanol–water partition coefficient (Wildman–Crippen LogP) is 4.30. The third-order valence-electron chi connectivity index (χ3n) is 6.27. The molecule has 0 bridgehead atoms. The number of nitrogens with zero attached hydrogens (tertiary/aromatic N) is 1. The topological polar surface area (TPSA) is 46.6 Å². The smallest absolute Gasteiger partial charge is 0.319 e. The van der Waals surface area contributed by atoms with Crippen molar-refractivity contribution in [3.8, 4) is 0 Å². The largest absolute Gasteiger partial charge is 0.537 e. The van der Waals surface area contributed by atoms with E-state index in [0.29, 0.717) is 19.5 Å². The van der Waals surface area contributed by atoms with Gasteiger partial charge in [0.15, 0.2) is 0 Å². The van der Waals surface area contributed by atoms with E-state index >= 15 is 0 Å². The highest BCUT2D eigenvalue weighted by molar-refractivity contribution is 7.88. The van der Waals surface area contributed by atoms with Crippen molar-refractivity contribution in [3.63, 3.8) is 0 Å². The molecular weight excluding hydrogens is 434 g/mol. The zero-order chi connectivity index (χ0) is 23.6. The highest BCUT2D eigenvalue weighted by Crippen LogP contribution is 2.40. The van der Waals surface area contributed by atoms with Gasteiger partial charge < -0.3 is 4.43 Å². The maximum atomic E-state index is 12.4. The molecule has 0 radical (unpaired) electrons. The first-order chi connectivity index (χ1) is 15.0. The first-order valence-electron chi connectivity index (χ1n) is 11.1. The minimum Gasteiger partial charge on any atom is -0.537 e. The van der Waals surface area contributed by atoms with E-state index in [-0.39, 0.29) is 11.0 Å². The van der Waals surface area contributed by atoms with Crippen LogP contribution in [0, 0.1) is 5.92 Å². The van der Waals surface area contributed by atoms with Crippen LogP contribution in [0.15, 0.2) is 84.7 Å². The van der Waals surface area contributed by atoms with Crippen LogP contribution >= 0.6 is 0 Å². The maximum absolute atomic E-state index is 12.4. The van der Waals surface area contributed by atoms with E-state index < -0.39 is 18.3 Å². The summed E-state index contributed by atoms with van der Waals surface area (Å²) < 4.78 is 33.5. The molecule has 6 heteroatoms. The number of rotatable bonds is 6. The van der Waals surface area contributed by atoms with Crippen LogP contribution < -0.4 is 10.4 Å². The normalized spacial score (nSPS) is 18.8. The van der Waals surface area contributed by atoms with Gasteiger partial charge in [0.25, 0.3) is 0 Å². The Morgan fingerprint density at radius 2 is 1.53 bits per heavy atom. The molecule has 0 amide bonds. The molecular formula is C26H35NO3SSi. The fourth-order valence-corrected chi connectivity index (χ4v) is 9.98. The first-order valence-corrected chi connectivity index (χ1v) is 14.8. The van der Waals surface area contributed by atoms with Crippen molar-refractivity contribution >= 4 is 28.7 Å². The first kappa shape index (κ1) is 24.5. The molecule has 0 saturated heterocycles. The van der Waals surface area contributed by atoms with Gasteiger partial charge in [0.2, 0.25) is 10.0 Å². The summed E-state index contributed by atoms with van der Waals surface area (Å²) in [5.41, 5.74) is 0.966. The fraction of sp³-hybridized carbons (Fsp3) is 0.385. The molecule has 1 aliphatic heterocycles. The summed E-state index contributed by atoms with van der Waals surface area (Å²) in [6.07, 6.45) is 3.77. The SMILES string of the molecule is C=C[C@@H]1CC(O[Si](c2ccccc2)(c2ccccc2)C(C)(C)C)=C(C)CN(S(C)(=O)=O)C1. The molecule has 0 fully saturated rings. The third kappa shape index (κ3) is 4.92. The van der Waals surface area contributed by atoms with Crippen molar-refractivity contribution in [2.75, 3.05) is 19.3 Å². The standard InChI is InChI=1S/C26H35NO3SSi/c1-7-22-18-25(21(2)19-27(20-22)31(6,28)29)30-32(26(3,4)5,23-14-10-8-11-15-23)24-16-12-9-13-17-24/h7-17,22H,1,18-20H2,2-6H3/t22-/m1/s1. The van der Waals surface area contributed by atoms with E-state index in [1.165, 1.54) is 20.9 Å². The molecule has 0 aliphatic carbocycles. The van der Waals surface area contributed by atoms with Crippen LogP contribution in [0.1, 0.15) is 34.1 Å². The molecule has 32 heavy (non-hydrogen) atoms. The van der Waals surface area contributed by atoms with E-state index in [0.717, 1.165) is 11.3 Å². The summed E-state index contributed by atoms with van der Waals surface area (Å²) in [6, 6.07) is 21.0.